The van der Waals surface area contributed by atoms with Gasteiger partial charge < -0.3 is 0 Å². The molecule has 0 aromatic rings. The van der Waals surface area contributed by atoms with Gasteiger partial charge in [0.2, 0.25) is 0 Å². The predicted octanol–water partition coefficient (Wildman–Crippen LogP) is 2.68. The molecule has 0 aromatic carbocycles. The van der Waals surface area contributed by atoms with E-state index in [0.717, 1.165) is 18.8 Å². The van der Waals surface area contributed by atoms with Crippen molar-refractivity contribution in [3.8, 4) is 6.07 Å². The van der Waals surface area contributed by atoms with Crippen LogP contribution in [0.25, 0.3) is 0 Å². The molecule has 1 N–H and O–H groups in total. The summed E-state index contributed by atoms with van der Waals surface area (Å²) in [5.74, 6) is 0.898. The Balaban J connectivity index is 1.62. The second kappa shape index (κ2) is 5.42. The highest BCUT2D eigenvalue weighted by Crippen LogP contribution is 2.36. The molecule has 1 aliphatic heterocycles. The van der Waals surface area contributed by atoms with Crippen molar-refractivity contribution >= 4 is 0 Å². The Morgan fingerprint density at radius 1 is 1.32 bits per heavy atom. The van der Waals surface area contributed by atoms with Gasteiger partial charge >= 0.3 is 0 Å². The molecule has 3 fully saturated rings. The van der Waals surface area contributed by atoms with E-state index in [0.29, 0.717) is 12.1 Å². The van der Waals surface area contributed by atoms with Crippen molar-refractivity contribution < 1.29 is 0 Å². The smallest absolute Gasteiger partial charge is 0.108 e. The van der Waals surface area contributed by atoms with E-state index in [-0.39, 0.29) is 5.54 Å². The first-order valence-electron chi connectivity index (χ1n) is 8.17. The highest BCUT2D eigenvalue weighted by Gasteiger charge is 2.42. The van der Waals surface area contributed by atoms with Crippen LogP contribution in [0.4, 0.5) is 0 Å². The summed E-state index contributed by atoms with van der Waals surface area (Å²) in [4.78, 5) is 2.67. The van der Waals surface area contributed by atoms with E-state index >= 15 is 0 Å². The molecule has 0 spiro atoms. The van der Waals surface area contributed by atoms with Crippen LogP contribution in [0, 0.1) is 17.2 Å². The highest BCUT2D eigenvalue weighted by atomic mass is 15.2. The largest absolute Gasteiger partial charge is 0.300 e. The Morgan fingerprint density at radius 2 is 2.16 bits per heavy atom. The van der Waals surface area contributed by atoms with Crippen LogP contribution in [0.3, 0.4) is 0 Å². The number of nitrogens with zero attached hydrogens (tertiary/aromatic N) is 2. The van der Waals surface area contributed by atoms with Crippen LogP contribution in [0.15, 0.2) is 0 Å². The number of hydrogen-bond donors (Lipinski definition) is 1. The molecule has 0 aromatic heterocycles. The lowest BCUT2D eigenvalue weighted by Crippen LogP contribution is -2.53. The fraction of sp³-hybridized carbons (Fsp3) is 0.938. The summed E-state index contributed by atoms with van der Waals surface area (Å²) in [6.45, 7) is 4.84. The Labute approximate surface area is 117 Å². The minimum absolute atomic E-state index is 0.214. The lowest BCUT2D eigenvalue weighted by molar-refractivity contribution is 0.138. The molecule has 3 atom stereocenters. The summed E-state index contributed by atoms with van der Waals surface area (Å²) in [7, 11) is 0. The van der Waals surface area contributed by atoms with Crippen LogP contribution in [0.2, 0.25) is 0 Å². The number of hydrogen-bond acceptors (Lipinski definition) is 3. The van der Waals surface area contributed by atoms with E-state index in [9.17, 15) is 5.26 Å². The Hall–Kier alpha value is -0.590. The Bertz CT molecular complexity index is 357. The zero-order valence-electron chi connectivity index (χ0n) is 12.2. The maximum atomic E-state index is 9.65. The molecule has 19 heavy (non-hydrogen) atoms. The quantitative estimate of drug-likeness (QED) is 0.845. The van der Waals surface area contributed by atoms with Crippen LogP contribution >= 0.6 is 0 Å². The maximum Gasteiger partial charge on any atom is 0.108 e. The number of nitriles is 1. The average molecular weight is 261 g/mol. The molecule has 0 radical (unpaired) electrons. The lowest BCUT2D eigenvalue weighted by atomic mass is 9.79. The van der Waals surface area contributed by atoms with Gasteiger partial charge in [-0.15, -0.1) is 0 Å². The molecular weight excluding hydrogens is 234 g/mol. The van der Waals surface area contributed by atoms with Crippen LogP contribution < -0.4 is 5.32 Å². The van der Waals surface area contributed by atoms with Crippen LogP contribution in [-0.4, -0.2) is 35.6 Å². The molecule has 1 heterocycles. The van der Waals surface area contributed by atoms with Gasteiger partial charge in [0.15, 0.2) is 0 Å². The Morgan fingerprint density at radius 3 is 2.79 bits per heavy atom. The third-order valence-electron chi connectivity index (χ3n) is 5.41. The summed E-state index contributed by atoms with van der Waals surface area (Å²) >= 11 is 0. The van der Waals surface area contributed by atoms with Gasteiger partial charge in [-0.05, 0) is 57.4 Å². The van der Waals surface area contributed by atoms with Crippen LogP contribution in [0.1, 0.15) is 58.3 Å². The summed E-state index contributed by atoms with van der Waals surface area (Å²) in [5.41, 5.74) is -0.214. The van der Waals surface area contributed by atoms with E-state index in [1.54, 1.807) is 0 Å². The van der Waals surface area contributed by atoms with Crippen LogP contribution in [0.5, 0.6) is 0 Å². The molecule has 106 valence electrons. The molecule has 3 aliphatic rings. The second-order valence-corrected chi connectivity index (χ2v) is 6.92. The zero-order chi connectivity index (χ0) is 13.3. The number of likely N-dealkylation sites (tertiary alicyclic amines) is 1. The molecule has 3 heteroatoms. The predicted molar refractivity (Wildman–Crippen MR) is 76.7 cm³/mol. The van der Waals surface area contributed by atoms with Gasteiger partial charge in [0.05, 0.1) is 6.07 Å². The van der Waals surface area contributed by atoms with Crippen molar-refractivity contribution in [3.05, 3.63) is 0 Å². The average Bonchev–Trinajstić information content (AvgIpc) is 3.11. The van der Waals surface area contributed by atoms with Gasteiger partial charge in [-0.1, -0.05) is 13.3 Å². The van der Waals surface area contributed by atoms with Gasteiger partial charge in [-0.3, -0.25) is 10.2 Å². The molecule has 0 amide bonds. The standard InChI is InChI=1S/C16H27N3/c1-2-13-7-9-19(11-13)15-4-3-8-16(10-15,12-17)18-14-5-6-14/h13-15,18H,2-11H2,1H3. The lowest BCUT2D eigenvalue weighted by Gasteiger charge is -2.40. The monoisotopic (exact) mass is 261 g/mol. The summed E-state index contributed by atoms with van der Waals surface area (Å²) in [6, 6.07) is 3.92. The van der Waals surface area contributed by atoms with Gasteiger partial charge in [0, 0.05) is 18.6 Å². The first-order chi connectivity index (χ1) is 9.24. The van der Waals surface area contributed by atoms with Gasteiger partial charge in [0.1, 0.15) is 5.54 Å². The first-order valence-corrected chi connectivity index (χ1v) is 8.17. The van der Waals surface area contributed by atoms with E-state index in [2.05, 4.69) is 23.2 Å². The van der Waals surface area contributed by atoms with Gasteiger partial charge in [-0.2, -0.15) is 5.26 Å². The maximum absolute atomic E-state index is 9.65. The molecular formula is C16H27N3. The van der Waals surface area contributed by atoms with Crippen molar-refractivity contribution in [1.29, 1.82) is 5.26 Å². The number of rotatable bonds is 4. The third-order valence-corrected chi connectivity index (χ3v) is 5.41. The topological polar surface area (TPSA) is 39.1 Å². The molecule has 1 saturated heterocycles. The van der Waals surface area contributed by atoms with Gasteiger partial charge in [-0.25, -0.2) is 0 Å². The molecule has 3 nitrogen and oxygen atoms in total. The summed E-state index contributed by atoms with van der Waals surface area (Å²) < 4.78 is 0. The highest BCUT2D eigenvalue weighted by molar-refractivity contribution is 5.13. The fourth-order valence-electron chi connectivity index (χ4n) is 3.97. The second-order valence-electron chi connectivity index (χ2n) is 6.92. The van der Waals surface area contributed by atoms with Crippen molar-refractivity contribution in [2.75, 3.05) is 13.1 Å². The van der Waals surface area contributed by atoms with Crippen molar-refractivity contribution in [2.24, 2.45) is 5.92 Å². The molecule has 2 aliphatic carbocycles. The fourth-order valence-corrected chi connectivity index (χ4v) is 3.97. The van der Waals surface area contributed by atoms with Crippen molar-refractivity contribution in [2.45, 2.75) is 75.9 Å². The molecule has 2 saturated carbocycles. The third kappa shape index (κ3) is 2.95. The van der Waals surface area contributed by atoms with E-state index in [1.807, 2.05) is 0 Å². The van der Waals surface area contributed by atoms with E-state index in [1.165, 1.54) is 51.6 Å². The van der Waals surface area contributed by atoms with E-state index < -0.39 is 0 Å². The molecule has 3 unspecified atom stereocenters. The summed E-state index contributed by atoms with van der Waals surface area (Å²) in [6.07, 6.45) is 9.84. The first kappa shape index (κ1) is 13.4. The Kier molecular flexibility index (Phi) is 3.82. The zero-order valence-corrected chi connectivity index (χ0v) is 12.2. The van der Waals surface area contributed by atoms with E-state index in [4.69, 9.17) is 0 Å². The minimum atomic E-state index is -0.214. The normalized spacial score (nSPS) is 40.2. The minimum Gasteiger partial charge on any atom is -0.300 e. The number of nitrogens with one attached hydrogen (secondary N) is 1. The molecule has 3 rings (SSSR count). The SMILES string of the molecule is CCC1CCN(C2CCCC(C#N)(NC3CC3)C2)C1. The van der Waals surface area contributed by atoms with Crippen molar-refractivity contribution in [1.82, 2.24) is 10.2 Å². The van der Waals surface area contributed by atoms with Crippen molar-refractivity contribution in [3.63, 3.8) is 0 Å². The van der Waals surface area contributed by atoms with Gasteiger partial charge in [0.25, 0.3) is 0 Å². The summed E-state index contributed by atoms with van der Waals surface area (Å²) in [5, 5.41) is 13.3. The van der Waals surface area contributed by atoms with Crippen LogP contribution in [-0.2, 0) is 0 Å². The molecule has 0 bridgehead atoms.